The Kier molecular flexibility index (Phi) is 2.10. The van der Waals surface area contributed by atoms with Gasteiger partial charge in [0.25, 0.3) is 0 Å². The van der Waals surface area contributed by atoms with Gasteiger partial charge in [-0.2, -0.15) is 18.3 Å². The van der Waals surface area contributed by atoms with E-state index in [1.807, 2.05) is 0 Å². The van der Waals surface area contributed by atoms with Crippen molar-refractivity contribution in [2.45, 2.75) is 12.8 Å². The lowest BCUT2D eigenvalue weighted by atomic mass is 10.3. The first-order valence-electron chi connectivity index (χ1n) is 3.16. The minimum absolute atomic E-state index is 0.0184. The topological polar surface area (TPSA) is 38.0 Å². The summed E-state index contributed by atoms with van der Waals surface area (Å²) in [5.74, 6) is 0. The van der Waals surface area contributed by atoms with Gasteiger partial charge in [0.15, 0.2) is 0 Å². The number of rotatable bonds is 1. The zero-order valence-corrected chi connectivity index (χ0v) is 6.26. The Morgan fingerprint density at radius 2 is 2.17 bits per heavy atom. The summed E-state index contributed by atoms with van der Waals surface area (Å²) >= 11 is 0. The third-order valence-corrected chi connectivity index (χ3v) is 1.38. The fraction of sp³-hybridized carbons (Fsp3) is 0.500. The van der Waals surface area contributed by atoms with Crippen LogP contribution in [0.25, 0.3) is 0 Å². The second-order valence-electron chi connectivity index (χ2n) is 2.30. The van der Waals surface area contributed by atoms with Crippen LogP contribution in [0.4, 0.5) is 13.2 Å². The van der Waals surface area contributed by atoms with Crippen LogP contribution in [0.2, 0.25) is 0 Å². The van der Waals surface area contributed by atoms with Crippen LogP contribution in [0.5, 0.6) is 0 Å². The Balaban J connectivity index is 3.08. The molecule has 1 rings (SSSR count). The van der Waals surface area contributed by atoms with E-state index in [1.165, 1.54) is 7.05 Å². The normalized spacial score (nSPS) is 12.1. The molecule has 0 fully saturated rings. The van der Waals surface area contributed by atoms with E-state index >= 15 is 0 Å². The van der Waals surface area contributed by atoms with Crippen molar-refractivity contribution < 1.29 is 18.3 Å². The highest BCUT2D eigenvalue weighted by molar-refractivity contribution is 5.12. The molecule has 1 heterocycles. The maximum absolute atomic E-state index is 12.1. The molecule has 0 radical (unpaired) electrons. The number of aliphatic hydroxyl groups is 1. The van der Waals surface area contributed by atoms with Crippen LogP contribution in [0.1, 0.15) is 11.4 Å². The molecule has 0 atom stereocenters. The molecular weight excluding hydrogens is 173 g/mol. The standard InChI is InChI=1S/C6H7F3N2O/c1-11-5(6(7,8)9)2-4(3-12)10-11/h2,12H,3H2,1H3. The van der Waals surface area contributed by atoms with Crippen LogP contribution >= 0.6 is 0 Å². The van der Waals surface area contributed by atoms with Gasteiger partial charge < -0.3 is 5.11 Å². The molecular formula is C6H7F3N2O. The van der Waals surface area contributed by atoms with Gasteiger partial charge in [0.2, 0.25) is 0 Å². The zero-order valence-electron chi connectivity index (χ0n) is 6.26. The van der Waals surface area contributed by atoms with Crippen LogP contribution in [0, 0.1) is 0 Å². The second kappa shape index (κ2) is 2.78. The Bertz CT molecular complexity index is 279. The van der Waals surface area contributed by atoms with Gasteiger partial charge in [-0.05, 0) is 6.07 Å². The molecule has 0 aliphatic heterocycles. The molecule has 0 aliphatic carbocycles. The first kappa shape index (κ1) is 9.05. The molecule has 6 heteroatoms. The van der Waals surface area contributed by atoms with E-state index in [0.717, 1.165) is 6.07 Å². The van der Waals surface area contributed by atoms with Gasteiger partial charge in [-0.3, -0.25) is 4.68 Å². The van der Waals surface area contributed by atoms with E-state index in [1.54, 1.807) is 0 Å². The summed E-state index contributed by atoms with van der Waals surface area (Å²) < 4.78 is 36.9. The lowest BCUT2D eigenvalue weighted by molar-refractivity contribution is -0.143. The molecule has 0 saturated carbocycles. The molecule has 1 aromatic heterocycles. The van der Waals surface area contributed by atoms with Crippen LogP contribution in [-0.4, -0.2) is 14.9 Å². The van der Waals surface area contributed by atoms with Crippen LogP contribution < -0.4 is 0 Å². The largest absolute Gasteiger partial charge is 0.433 e. The van der Waals surface area contributed by atoms with E-state index in [2.05, 4.69) is 5.10 Å². The number of aromatic nitrogens is 2. The molecule has 0 amide bonds. The Hall–Kier alpha value is -1.04. The van der Waals surface area contributed by atoms with Crippen molar-refractivity contribution in [3.05, 3.63) is 17.5 Å². The molecule has 0 saturated heterocycles. The monoisotopic (exact) mass is 180 g/mol. The average molecular weight is 180 g/mol. The number of aliphatic hydroxyl groups excluding tert-OH is 1. The number of aryl methyl sites for hydroxylation is 1. The minimum atomic E-state index is -4.41. The van der Waals surface area contributed by atoms with Gasteiger partial charge in [0.1, 0.15) is 5.69 Å². The van der Waals surface area contributed by atoms with E-state index in [9.17, 15) is 13.2 Å². The summed E-state index contributed by atoms with van der Waals surface area (Å²) in [6.45, 7) is -0.482. The minimum Gasteiger partial charge on any atom is -0.390 e. The average Bonchev–Trinajstić information content (AvgIpc) is 2.29. The number of hydrogen-bond acceptors (Lipinski definition) is 2. The number of alkyl halides is 3. The molecule has 68 valence electrons. The van der Waals surface area contributed by atoms with E-state index in [-0.39, 0.29) is 5.69 Å². The molecule has 12 heavy (non-hydrogen) atoms. The van der Waals surface area contributed by atoms with Gasteiger partial charge in [-0.15, -0.1) is 0 Å². The van der Waals surface area contributed by atoms with Crippen LogP contribution in [0.3, 0.4) is 0 Å². The lowest BCUT2D eigenvalue weighted by Crippen LogP contribution is -2.11. The lowest BCUT2D eigenvalue weighted by Gasteiger charge is -2.04. The summed E-state index contributed by atoms with van der Waals surface area (Å²) in [4.78, 5) is 0. The van der Waals surface area contributed by atoms with Crippen molar-refractivity contribution in [3.63, 3.8) is 0 Å². The van der Waals surface area contributed by atoms with Crippen LogP contribution in [-0.2, 0) is 19.8 Å². The number of nitrogens with zero attached hydrogens (tertiary/aromatic N) is 2. The maximum atomic E-state index is 12.1. The predicted molar refractivity (Wildman–Crippen MR) is 34.1 cm³/mol. The van der Waals surface area contributed by atoms with Gasteiger partial charge in [0.05, 0.1) is 12.3 Å². The fourth-order valence-electron chi connectivity index (χ4n) is 0.869. The van der Waals surface area contributed by atoms with Crippen molar-refractivity contribution in [2.75, 3.05) is 0 Å². The predicted octanol–water partition coefficient (Wildman–Crippen LogP) is 0.931. The third kappa shape index (κ3) is 1.58. The summed E-state index contributed by atoms with van der Waals surface area (Å²) in [7, 11) is 1.18. The summed E-state index contributed by atoms with van der Waals surface area (Å²) in [5.41, 5.74) is -0.837. The Labute approximate surface area is 66.4 Å². The fourth-order valence-corrected chi connectivity index (χ4v) is 0.869. The Morgan fingerprint density at radius 1 is 1.58 bits per heavy atom. The number of halogens is 3. The Morgan fingerprint density at radius 3 is 2.42 bits per heavy atom. The van der Waals surface area contributed by atoms with Crippen LogP contribution in [0.15, 0.2) is 6.07 Å². The first-order chi connectivity index (χ1) is 5.45. The third-order valence-electron chi connectivity index (χ3n) is 1.38. The first-order valence-corrected chi connectivity index (χ1v) is 3.16. The van der Waals surface area contributed by atoms with Crippen molar-refractivity contribution in [1.82, 2.24) is 9.78 Å². The zero-order chi connectivity index (χ0) is 9.35. The molecule has 1 N–H and O–H groups in total. The summed E-state index contributed by atoms with van der Waals surface area (Å²) in [5, 5.41) is 11.9. The SMILES string of the molecule is Cn1nc(CO)cc1C(F)(F)F. The molecule has 0 bridgehead atoms. The van der Waals surface area contributed by atoms with E-state index in [0.29, 0.717) is 4.68 Å². The highest BCUT2D eigenvalue weighted by Crippen LogP contribution is 2.29. The van der Waals surface area contributed by atoms with Gasteiger partial charge in [-0.1, -0.05) is 0 Å². The molecule has 1 aromatic rings. The second-order valence-corrected chi connectivity index (χ2v) is 2.30. The summed E-state index contributed by atoms with van der Waals surface area (Å²) in [6, 6.07) is 0.819. The van der Waals surface area contributed by atoms with Gasteiger partial charge in [-0.25, -0.2) is 0 Å². The number of hydrogen-bond donors (Lipinski definition) is 1. The van der Waals surface area contributed by atoms with E-state index < -0.39 is 18.5 Å². The summed E-state index contributed by atoms with van der Waals surface area (Å²) in [6.07, 6.45) is -4.41. The molecule has 0 aromatic carbocycles. The van der Waals surface area contributed by atoms with Crippen molar-refractivity contribution in [1.29, 1.82) is 0 Å². The van der Waals surface area contributed by atoms with Gasteiger partial charge in [0, 0.05) is 7.05 Å². The smallest absolute Gasteiger partial charge is 0.390 e. The van der Waals surface area contributed by atoms with E-state index in [4.69, 9.17) is 5.11 Å². The van der Waals surface area contributed by atoms with Gasteiger partial charge >= 0.3 is 6.18 Å². The molecule has 0 aliphatic rings. The quantitative estimate of drug-likeness (QED) is 0.698. The molecule has 3 nitrogen and oxygen atoms in total. The van der Waals surface area contributed by atoms with Crippen molar-refractivity contribution in [2.24, 2.45) is 7.05 Å². The molecule has 0 unspecified atom stereocenters. The molecule has 0 spiro atoms. The highest BCUT2D eigenvalue weighted by atomic mass is 19.4. The van der Waals surface area contributed by atoms with Crippen molar-refractivity contribution >= 4 is 0 Å². The highest BCUT2D eigenvalue weighted by Gasteiger charge is 2.34. The van der Waals surface area contributed by atoms with Crippen molar-refractivity contribution in [3.8, 4) is 0 Å². The maximum Gasteiger partial charge on any atom is 0.433 e.